The molecule has 2 heterocycles. The van der Waals surface area contributed by atoms with Crippen LogP contribution in [0.15, 0.2) is 10.8 Å². The van der Waals surface area contributed by atoms with Crippen molar-refractivity contribution in [3.8, 4) is 0 Å². The van der Waals surface area contributed by atoms with E-state index < -0.39 is 0 Å². The molecule has 0 aliphatic rings. The van der Waals surface area contributed by atoms with Crippen molar-refractivity contribution in [2.45, 2.75) is 0 Å². The molecule has 11 heavy (non-hydrogen) atoms. The number of hydrogen-bond donors (Lipinski definition) is 0. The Balaban J connectivity index is 2.86. The van der Waals surface area contributed by atoms with Gasteiger partial charge in [0, 0.05) is 20.8 Å². The second kappa shape index (κ2) is 2.39. The number of carbonyl (C=O) groups excluding carboxylic acids is 1. The van der Waals surface area contributed by atoms with Crippen LogP contribution in [0.2, 0.25) is 0 Å². The summed E-state index contributed by atoms with van der Waals surface area (Å²) in [5, 5.41) is 4.13. The standard InChI is InChI=1S/C7H3FOS2/c8-7-4-2-10-3-6(4)11-5(7)1-9/h1-3H. The molecule has 2 rings (SSSR count). The molecular formula is C7H3FOS2. The Bertz CT molecular complexity index is 401. The van der Waals surface area contributed by atoms with Crippen LogP contribution in [0, 0.1) is 5.82 Å². The highest BCUT2D eigenvalue weighted by Crippen LogP contribution is 2.31. The van der Waals surface area contributed by atoms with Gasteiger partial charge >= 0.3 is 0 Å². The number of hydrogen-bond acceptors (Lipinski definition) is 3. The third-order valence-corrected chi connectivity index (χ3v) is 3.35. The van der Waals surface area contributed by atoms with Gasteiger partial charge in [-0.1, -0.05) is 0 Å². The maximum absolute atomic E-state index is 13.0. The van der Waals surface area contributed by atoms with Crippen LogP contribution in [0.25, 0.3) is 10.1 Å². The van der Waals surface area contributed by atoms with Crippen molar-refractivity contribution in [2.24, 2.45) is 0 Å². The van der Waals surface area contributed by atoms with Crippen LogP contribution in [0.1, 0.15) is 9.67 Å². The van der Waals surface area contributed by atoms with Crippen LogP contribution >= 0.6 is 22.7 Å². The minimum Gasteiger partial charge on any atom is -0.297 e. The molecule has 4 heteroatoms. The number of aldehydes is 1. The highest BCUT2D eigenvalue weighted by atomic mass is 32.1. The maximum atomic E-state index is 13.0. The van der Waals surface area contributed by atoms with E-state index in [1.807, 2.05) is 5.38 Å². The summed E-state index contributed by atoms with van der Waals surface area (Å²) < 4.78 is 13.9. The molecule has 0 bridgehead atoms. The molecule has 0 spiro atoms. The van der Waals surface area contributed by atoms with Gasteiger partial charge in [0.2, 0.25) is 0 Å². The highest BCUT2D eigenvalue weighted by molar-refractivity contribution is 7.23. The van der Waals surface area contributed by atoms with Crippen molar-refractivity contribution >= 4 is 39.0 Å². The largest absolute Gasteiger partial charge is 0.297 e. The van der Waals surface area contributed by atoms with Gasteiger partial charge in [-0.05, 0) is 0 Å². The van der Waals surface area contributed by atoms with E-state index in [1.165, 1.54) is 22.7 Å². The first kappa shape index (κ1) is 6.94. The molecule has 0 atom stereocenters. The summed E-state index contributed by atoms with van der Waals surface area (Å²) in [6.45, 7) is 0. The number of thiophene rings is 2. The van der Waals surface area contributed by atoms with Crippen LogP contribution in [0.3, 0.4) is 0 Å². The zero-order valence-electron chi connectivity index (χ0n) is 5.33. The smallest absolute Gasteiger partial charge is 0.163 e. The van der Waals surface area contributed by atoms with E-state index in [2.05, 4.69) is 0 Å². The average molecular weight is 186 g/mol. The van der Waals surface area contributed by atoms with Gasteiger partial charge in [-0.15, -0.1) is 11.3 Å². The van der Waals surface area contributed by atoms with Crippen LogP contribution in [-0.2, 0) is 0 Å². The molecule has 0 aromatic carbocycles. The van der Waals surface area contributed by atoms with Gasteiger partial charge in [0.15, 0.2) is 12.1 Å². The molecule has 0 fully saturated rings. The highest BCUT2D eigenvalue weighted by Gasteiger charge is 2.10. The fraction of sp³-hybridized carbons (Fsp3) is 0. The van der Waals surface area contributed by atoms with Crippen molar-refractivity contribution in [1.29, 1.82) is 0 Å². The van der Waals surface area contributed by atoms with E-state index in [9.17, 15) is 9.18 Å². The van der Waals surface area contributed by atoms with Gasteiger partial charge in [0.05, 0.1) is 0 Å². The monoisotopic (exact) mass is 186 g/mol. The first-order valence-electron chi connectivity index (χ1n) is 2.92. The normalized spacial score (nSPS) is 10.6. The fourth-order valence-electron chi connectivity index (χ4n) is 0.896. The molecule has 0 aliphatic carbocycles. The lowest BCUT2D eigenvalue weighted by Crippen LogP contribution is -1.75. The predicted molar refractivity (Wildman–Crippen MR) is 45.0 cm³/mol. The third-order valence-electron chi connectivity index (χ3n) is 1.41. The van der Waals surface area contributed by atoms with E-state index in [0.29, 0.717) is 11.7 Å². The van der Waals surface area contributed by atoms with Crippen LogP contribution < -0.4 is 0 Å². The molecule has 1 nitrogen and oxygen atoms in total. The van der Waals surface area contributed by atoms with Gasteiger partial charge in [-0.25, -0.2) is 4.39 Å². The predicted octanol–water partition coefficient (Wildman–Crippen LogP) is 2.91. The second-order valence-electron chi connectivity index (χ2n) is 2.05. The number of fused-ring (bicyclic) bond motifs is 1. The number of rotatable bonds is 1. The SMILES string of the molecule is O=Cc1sc2cscc2c1F. The minimum absolute atomic E-state index is 0.197. The molecule has 0 saturated heterocycles. The first-order valence-corrected chi connectivity index (χ1v) is 4.68. The number of carbonyl (C=O) groups is 1. The second-order valence-corrected chi connectivity index (χ2v) is 3.88. The summed E-state index contributed by atoms with van der Waals surface area (Å²) in [6.07, 6.45) is 0.560. The average Bonchev–Trinajstić information content (AvgIpc) is 2.53. The molecule has 0 saturated carbocycles. The van der Waals surface area contributed by atoms with Crippen LogP contribution in [0.5, 0.6) is 0 Å². The van der Waals surface area contributed by atoms with Crippen LogP contribution in [0.4, 0.5) is 4.39 Å². The van der Waals surface area contributed by atoms with E-state index in [1.54, 1.807) is 5.38 Å². The minimum atomic E-state index is -0.374. The molecular weight excluding hydrogens is 183 g/mol. The maximum Gasteiger partial charge on any atom is 0.163 e. The Kier molecular flexibility index (Phi) is 1.51. The molecule has 2 aromatic rings. The molecule has 0 aliphatic heterocycles. The quantitative estimate of drug-likeness (QED) is 0.626. The lowest BCUT2D eigenvalue weighted by molar-refractivity contribution is 0.112. The van der Waals surface area contributed by atoms with E-state index in [4.69, 9.17) is 0 Å². The lowest BCUT2D eigenvalue weighted by atomic mass is 10.3. The molecule has 0 amide bonds. The van der Waals surface area contributed by atoms with Crippen molar-refractivity contribution in [3.05, 3.63) is 21.5 Å². The van der Waals surface area contributed by atoms with E-state index in [0.717, 1.165) is 4.70 Å². The van der Waals surface area contributed by atoms with Crippen molar-refractivity contribution in [2.75, 3.05) is 0 Å². The molecule has 0 radical (unpaired) electrons. The summed E-state index contributed by atoms with van der Waals surface area (Å²) in [5.41, 5.74) is 0. The fourth-order valence-corrected chi connectivity index (χ4v) is 2.76. The van der Waals surface area contributed by atoms with E-state index in [-0.39, 0.29) is 10.7 Å². The van der Waals surface area contributed by atoms with Gasteiger partial charge in [-0.3, -0.25) is 4.79 Å². The lowest BCUT2D eigenvalue weighted by Gasteiger charge is -1.78. The summed E-state index contributed by atoms with van der Waals surface area (Å²) >= 11 is 2.65. The Morgan fingerprint density at radius 2 is 2.27 bits per heavy atom. The van der Waals surface area contributed by atoms with Crippen LogP contribution in [-0.4, -0.2) is 6.29 Å². The summed E-state index contributed by atoms with van der Waals surface area (Å²) in [6, 6.07) is 0. The van der Waals surface area contributed by atoms with Crippen molar-refractivity contribution < 1.29 is 9.18 Å². The summed E-state index contributed by atoms with van der Waals surface area (Å²) in [5.74, 6) is -0.374. The Morgan fingerprint density at radius 3 is 2.91 bits per heavy atom. The molecule has 0 N–H and O–H groups in total. The Labute approximate surface area is 70.1 Å². The number of halogens is 1. The molecule has 2 aromatic heterocycles. The zero-order chi connectivity index (χ0) is 7.84. The van der Waals surface area contributed by atoms with Gasteiger partial charge in [0.25, 0.3) is 0 Å². The molecule has 56 valence electrons. The van der Waals surface area contributed by atoms with E-state index >= 15 is 0 Å². The zero-order valence-corrected chi connectivity index (χ0v) is 6.97. The van der Waals surface area contributed by atoms with Gasteiger partial charge < -0.3 is 0 Å². The summed E-state index contributed by atoms with van der Waals surface area (Å²) in [4.78, 5) is 10.5. The topological polar surface area (TPSA) is 17.1 Å². The molecule has 0 unspecified atom stereocenters. The first-order chi connectivity index (χ1) is 5.33. The van der Waals surface area contributed by atoms with Gasteiger partial charge in [-0.2, -0.15) is 11.3 Å². The van der Waals surface area contributed by atoms with Crippen molar-refractivity contribution in [3.63, 3.8) is 0 Å². The third kappa shape index (κ3) is 0.902. The van der Waals surface area contributed by atoms with Gasteiger partial charge in [0.1, 0.15) is 4.88 Å². The van der Waals surface area contributed by atoms with Crippen molar-refractivity contribution in [1.82, 2.24) is 0 Å². The Morgan fingerprint density at radius 1 is 1.45 bits per heavy atom. The summed E-state index contributed by atoms with van der Waals surface area (Å²) in [7, 11) is 0. The Hall–Kier alpha value is -0.740.